The first-order valence-corrected chi connectivity index (χ1v) is 6.61. The van der Waals surface area contributed by atoms with Gasteiger partial charge >= 0.3 is 0 Å². The van der Waals surface area contributed by atoms with E-state index in [1.54, 1.807) is 0 Å². The van der Waals surface area contributed by atoms with Crippen LogP contribution in [0.5, 0.6) is 0 Å². The minimum Gasteiger partial charge on any atom is -0.382 e. The van der Waals surface area contributed by atoms with Crippen LogP contribution in [0.1, 0.15) is 11.5 Å². The van der Waals surface area contributed by atoms with Crippen molar-refractivity contribution in [2.45, 2.75) is 5.92 Å². The van der Waals surface area contributed by atoms with Crippen LogP contribution in [0.3, 0.4) is 0 Å². The van der Waals surface area contributed by atoms with E-state index >= 15 is 0 Å². The zero-order valence-electron chi connectivity index (χ0n) is 10.5. The fourth-order valence-corrected chi connectivity index (χ4v) is 2.44. The van der Waals surface area contributed by atoms with Gasteiger partial charge in [0.25, 0.3) is 0 Å². The van der Waals surface area contributed by atoms with Crippen LogP contribution < -0.4 is 10.6 Å². The lowest BCUT2D eigenvalue weighted by Gasteiger charge is -2.13. The van der Waals surface area contributed by atoms with Crippen molar-refractivity contribution in [1.29, 1.82) is 0 Å². The number of fused-ring (bicyclic) bond motifs is 1. The van der Waals surface area contributed by atoms with Gasteiger partial charge in [-0.05, 0) is 11.6 Å². The summed E-state index contributed by atoms with van der Waals surface area (Å²) in [6.07, 6.45) is 0. The molecule has 5 heteroatoms. The highest BCUT2D eigenvalue weighted by Crippen LogP contribution is 2.32. The first-order chi connectivity index (χ1) is 9.65. The molecule has 0 saturated carbocycles. The molecule has 0 radical (unpaired) electrons. The summed E-state index contributed by atoms with van der Waals surface area (Å²) in [6, 6.07) is 12.2. The number of amides is 1. The van der Waals surface area contributed by atoms with Gasteiger partial charge in [0.2, 0.25) is 5.91 Å². The van der Waals surface area contributed by atoms with Gasteiger partial charge in [-0.25, -0.2) is 4.39 Å². The Hall–Kier alpha value is -2.07. The molecule has 1 amide bonds. The number of carbonyl (C=O) groups excluding carboxylic acids is 1. The molecule has 0 spiro atoms. The van der Waals surface area contributed by atoms with Crippen molar-refractivity contribution in [3.05, 3.63) is 58.9 Å². The molecule has 0 bridgehead atoms. The third kappa shape index (κ3) is 2.34. The van der Waals surface area contributed by atoms with E-state index in [2.05, 4.69) is 10.6 Å². The van der Waals surface area contributed by atoms with Crippen LogP contribution in [0.15, 0.2) is 42.5 Å². The first kappa shape index (κ1) is 12.9. The summed E-state index contributed by atoms with van der Waals surface area (Å²) in [5.41, 5.74) is 1.95. The molecule has 3 nitrogen and oxygen atoms in total. The van der Waals surface area contributed by atoms with Crippen molar-refractivity contribution < 1.29 is 9.18 Å². The molecule has 0 fully saturated rings. The predicted octanol–water partition coefficient (Wildman–Crippen LogP) is 3.63. The van der Waals surface area contributed by atoms with Crippen molar-refractivity contribution in [3.63, 3.8) is 0 Å². The van der Waals surface area contributed by atoms with E-state index in [-0.39, 0.29) is 16.8 Å². The molecular formula is C15H12ClFN2O. The molecule has 1 aliphatic rings. The Bertz CT molecular complexity index is 660. The van der Waals surface area contributed by atoms with Crippen molar-refractivity contribution in [3.8, 4) is 0 Å². The molecule has 2 aromatic rings. The second kappa shape index (κ2) is 5.13. The van der Waals surface area contributed by atoms with E-state index in [1.165, 1.54) is 12.1 Å². The molecule has 2 aromatic carbocycles. The highest BCUT2D eigenvalue weighted by Gasteiger charge is 2.25. The second-order valence-electron chi connectivity index (χ2n) is 4.65. The van der Waals surface area contributed by atoms with Crippen molar-refractivity contribution in [2.75, 3.05) is 17.2 Å². The van der Waals surface area contributed by atoms with Gasteiger partial charge in [0.15, 0.2) is 0 Å². The minimum atomic E-state index is -0.550. The van der Waals surface area contributed by atoms with E-state index in [9.17, 15) is 9.18 Å². The van der Waals surface area contributed by atoms with Gasteiger partial charge in [-0.1, -0.05) is 41.9 Å². The SMILES string of the molecule is O=C1Nc2cc(F)c(Cl)cc2NCC1c1ccccc1. The number of benzene rings is 2. The number of hydrogen-bond donors (Lipinski definition) is 2. The van der Waals surface area contributed by atoms with Gasteiger partial charge in [0.05, 0.1) is 22.3 Å². The third-order valence-corrected chi connectivity index (χ3v) is 3.62. The summed E-state index contributed by atoms with van der Waals surface area (Å²) < 4.78 is 13.5. The van der Waals surface area contributed by atoms with E-state index in [0.717, 1.165) is 5.56 Å². The molecule has 1 heterocycles. The maximum atomic E-state index is 13.5. The summed E-state index contributed by atoms with van der Waals surface area (Å²) in [5, 5.41) is 5.91. The Balaban J connectivity index is 1.95. The quantitative estimate of drug-likeness (QED) is 0.842. The molecule has 102 valence electrons. The first-order valence-electron chi connectivity index (χ1n) is 6.24. The number of anilines is 2. The fraction of sp³-hybridized carbons (Fsp3) is 0.133. The molecular weight excluding hydrogens is 279 g/mol. The summed E-state index contributed by atoms with van der Waals surface area (Å²) in [5.74, 6) is -1.04. The second-order valence-corrected chi connectivity index (χ2v) is 5.05. The maximum absolute atomic E-state index is 13.5. The lowest BCUT2D eigenvalue weighted by molar-refractivity contribution is -0.117. The summed E-state index contributed by atoms with van der Waals surface area (Å²) >= 11 is 5.76. The number of carbonyl (C=O) groups is 1. The van der Waals surface area contributed by atoms with Crippen LogP contribution in [0.4, 0.5) is 15.8 Å². The van der Waals surface area contributed by atoms with Crippen LogP contribution in [0.2, 0.25) is 5.02 Å². The zero-order chi connectivity index (χ0) is 14.1. The number of halogens is 2. The molecule has 2 N–H and O–H groups in total. The maximum Gasteiger partial charge on any atom is 0.233 e. The summed E-state index contributed by atoms with van der Waals surface area (Å²) in [4.78, 5) is 12.3. The number of nitrogens with one attached hydrogen (secondary N) is 2. The van der Waals surface area contributed by atoms with Crippen molar-refractivity contribution in [2.24, 2.45) is 0 Å². The Labute approximate surface area is 120 Å². The average molecular weight is 291 g/mol. The van der Waals surface area contributed by atoms with E-state index < -0.39 is 5.82 Å². The fourth-order valence-electron chi connectivity index (χ4n) is 2.28. The highest BCUT2D eigenvalue weighted by molar-refractivity contribution is 6.31. The van der Waals surface area contributed by atoms with E-state index in [1.807, 2.05) is 30.3 Å². The van der Waals surface area contributed by atoms with Crippen molar-refractivity contribution in [1.82, 2.24) is 0 Å². The molecule has 1 atom stereocenters. The molecule has 3 rings (SSSR count). The average Bonchev–Trinajstić information content (AvgIpc) is 2.59. The van der Waals surface area contributed by atoms with Crippen LogP contribution in [-0.4, -0.2) is 12.5 Å². The lowest BCUT2D eigenvalue weighted by atomic mass is 9.98. The van der Waals surface area contributed by atoms with E-state index in [4.69, 9.17) is 11.6 Å². The Kier molecular flexibility index (Phi) is 3.32. The summed E-state index contributed by atoms with van der Waals surface area (Å²) in [6.45, 7) is 0.435. The van der Waals surface area contributed by atoms with Gasteiger partial charge in [0, 0.05) is 12.6 Å². The monoisotopic (exact) mass is 290 g/mol. The zero-order valence-corrected chi connectivity index (χ0v) is 11.2. The van der Waals surface area contributed by atoms with Crippen LogP contribution in [0, 0.1) is 5.82 Å². The van der Waals surface area contributed by atoms with Gasteiger partial charge < -0.3 is 10.6 Å². The van der Waals surface area contributed by atoms with Crippen LogP contribution in [-0.2, 0) is 4.79 Å². The molecule has 0 aromatic heterocycles. The van der Waals surface area contributed by atoms with Gasteiger partial charge in [-0.15, -0.1) is 0 Å². The molecule has 1 aliphatic heterocycles. The van der Waals surface area contributed by atoms with Gasteiger partial charge in [0.1, 0.15) is 5.82 Å². The Morgan fingerprint density at radius 1 is 1.15 bits per heavy atom. The topological polar surface area (TPSA) is 41.1 Å². The third-order valence-electron chi connectivity index (χ3n) is 3.33. The molecule has 1 unspecified atom stereocenters. The number of rotatable bonds is 1. The van der Waals surface area contributed by atoms with E-state index in [0.29, 0.717) is 17.9 Å². The normalized spacial score (nSPS) is 17.7. The van der Waals surface area contributed by atoms with Gasteiger partial charge in [-0.2, -0.15) is 0 Å². The molecule has 0 saturated heterocycles. The molecule has 0 aliphatic carbocycles. The summed E-state index contributed by atoms with van der Waals surface area (Å²) in [7, 11) is 0. The Morgan fingerprint density at radius 3 is 2.65 bits per heavy atom. The Morgan fingerprint density at radius 2 is 1.90 bits per heavy atom. The predicted molar refractivity (Wildman–Crippen MR) is 77.7 cm³/mol. The standard InChI is InChI=1S/C15H12ClFN2O/c16-11-6-13-14(7-12(11)17)19-15(20)10(8-18-13)9-4-2-1-3-5-9/h1-7,10,18H,8H2,(H,19,20). The van der Waals surface area contributed by atoms with Crippen LogP contribution in [0.25, 0.3) is 0 Å². The largest absolute Gasteiger partial charge is 0.382 e. The highest BCUT2D eigenvalue weighted by atomic mass is 35.5. The molecule has 20 heavy (non-hydrogen) atoms. The van der Waals surface area contributed by atoms with Crippen LogP contribution >= 0.6 is 11.6 Å². The van der Waals surface area contributed by atoms with Gasteiger partial charge in [-0.3, -0.25) is 4.79 Å². The van der Waals surface area contributed by atoms with Crippen molar-refractivity contribution >= 4 is 28.9 Å². The smallest absolute Gasteiger partial charge is 0.233 e. The lowest BCUT2D eigenvalue weighted by Crippen LogP contribution is -2.23. The minimum absolute atomic E-state index is 0.0312. The number of hydrogen-bond acceptors (Lipinski definition) is 2.